The van der Waals surface area contributed by atoms with Crippen molar-refractivity contribution in [3.05, 3.63) is 39.7 Å². The van der Waals surface area contributed by atoms with Gasteiger partial charge in [-0.15, -0.1) is 12.4 Å². The number of amides is 1. The zero-order valence-corrected chi connectivity index (χ0v) is 11.8. The Hall–Kier alpha value is -1.73. The molecule has 8 heteroatoms. The Balaban J connectivity index is 0.00000361. The molecule has 0 spiro atoms. The zero-order chi connectivity index (χ0) is 14.3. The summed E-state index contributed by atoms with van der Waals surface area (Å²) in [4.78, 5) is 21.4. The molecule has 0 bridgehead atoms. The van der Waals surface area contributed by atoms with Gasteiger partial charge in [0, 0.05) is 19.2 Å². The highest BCUT2D eigenvalue weighted by Crippen LogP contribution is 2.16. The van der Waals surface area contributed by atoms with Crippen molar-refractivity contribution in [1.29, 1.82) is 0 Å². The quantitative estimate of drug-likeness (QED) is 0.458. The molecule has 1 aromatic carbocycles. The molecule has 2 N–H and O–H groups in total. The summed E-state index contributed by atoms with van der Waals surface area (Å²) in [5.41, 5.74) is -0.570. The molecule has 0 atom stereocenters. The maximum atomic E-state index is 13.5. The van der Waals surface area contributed by atoms with Crippen LogP contribution in [0.25, 0.3) is 0 Å². The molecule has 20 heavy (non-hydrogen) atoms. The van der Waals surface area contributed by atoms with Crippen LogP contribution in [-0.4, -0.2) is 30.5 Å². The highest BCUT2D eigenvalue weighted by atomic mass is 35.5. The van der Waals surface area contributed by atoms with E-state index in [2.05, 4.69) is 10.6 Å². The molecule has 0 aliphatic rings. The molecule has 0 heterocycles. The van der Waals surface area contributed by atoms with Gasteiger partial charge in [0.1, 0.15) is 5.82 Å². The lowest BCUT2D eigenvalue weighted by Crippen LogP contribution is -2.32. The average molecular weight is 306 g/mol. The van der Waals surface area contributed by atoms with Gasteiger partial charge in [0.2, 0.25) is 0 Å². The van der Waals surface area contributed by atoms with Crippen molar-refractivity contribution in [2.45, 2.75) is 13.3 Å². The van der Waals surface area contributed by atoms with Gasteiger partial charge in [-0.1, -0.05) is 6.92 Å². The molecule has 0 aliphatic heterocycles. The second kappa shape index (κ2) is 9.22. The SMILES string of the molecule is CCCNCCNC(=O)c1ccc([N+](=O)[O-])cc1F.Cl. The standard InChI is InChI=1S/C12H16FN3O3.ClH/c1-2-5-14-6-7-15-12(17)10-4-3-9(16(18)19)8-11(10)13;/h3-4,8,14H,2,5-7H2,1H3,(H,15,17);1H. The van der Waals surface area contributed by atoms with Crippen LogP contribution < -0.4 is 10.6 Å². The molecule has 0 radical (unpaired) electrons. The van der Waals surface area contributed by atoms with Crippen molar-refractivity contribution in [3.8, 4) is 0 Å². The summed E-state index contributed by atoms with van der Waals surface area (Å²) in [7, 11) is 0. The van der Waals surface area contributed by atoms with E-state index < -0.39 is 16.6 Å². The lowest BCUT2D eigenvalue weighted by molar-refractivity contribution is -0.385. The van der Waals surface area contributed by atoms with E-state index in [9.17, 15) is 19.3 Å². The summed E-state index contributed by atoms with van der Waals surface area (Å²) < 4.78 is 13.5. The minimum absolute atomic E-state index is 0. The number of non-ortho nitro benzene ring substituents is 1. The Labute approximate surface area is 122 Å². The van der Waals surface area contributed by atoms with Crippen LogP contribution in [0.4, 0.5) is 10.1 Å². The van der Waals surface area contributed by atoms with E-state index in [1.165, 1.54) is 0 Å². The van der Waals surface area contributed by atoms with Crippen molar-refractivity contribution >= 4 is 24.0 Å². The highest BCUT2D eigenvalue weighted by Gasteiger charge is 2.15. The average Bonchev–Trinajstić information content (AvgIpc) is 2.38. The summed E-state index contributed by atoms with van der Waals surface area (Å²) in [6, 6.07) is 2.96. The molecule has 1 aromatic rings. The first-order chi connectivity index (χ1) is 9.06. The first-order valence-electron chi connectivity index (χ1n) is 5.99. The minimum Gasteiger partial charge on any atom is -0.351 e. The molecule has 1 amide bonds. The molecule has 6 nitrogen and oxygen atoms in total. The largest absolute Gasteiger partial charge is 0.351 e. The van der Waals surface area contributed by atoms with Gasteiger partial charge in [-0.3, -0.25) is 14.9 Å². The van der Waals surface area contributed by atoms with Crippen LogP contribution in [0.3, 0.4) is 0 Å². The predicted octanol–water partition coefficient (Wildman–Crippen LogP) is 1.89. The van der Waals surface area contributed by atoms with Gasteiger partial charge in [-0.25, -0.2) is 4.39 Å². The Morgan fingerprint density at radius 2 is 2.05 bits per heavy atom. The van der Waals surface area contributed by atoms with E-state index in [1.54, 1.807) is 0 Å². The summed E-state index contributed by atoms with van der Waals surface area (Å²) in [5.74, 6) is -1.47. The zero-order valence-electron chi connectivity index (χ0n) is 11.0. The molecular formula is C12H17ClFN3O3. The van der Waals surface area contributed by atoms with Crippen LogP contribution in [0.1, 0.15) is 23.7 Å². The molecule has 0 aromatic heterocycles. The van der Waals surface area contributed by atoms with Gasteiger partial charge in [0.15, 0.2) is 0 Å². The first kappa shape index (κ1) is 18.3. The van der Waals surface area contributed by atoms with Crippen LogP contribution in [-0.2, 0) is 0 Å². The molecular weight excluding hydrogens is 289 g/mol. The van der Waals surface area contributed by atoms with Crippen LogP contribution in [0.5, 0.6) is 0 Å². The maximum absolute atomic E-state index is 13.5. The van der Waals surface area contributed by atoms with Crippen molar-refractivity contribution < 1.29 is 14.1 Å². The second-order valence-corrected chi connectivity index (χ2v) is 3.93. The number of carbonyl (C=O) groups is 1. The summed E-state index contributed by atoms with van der Waals surface area (Å²) in [6.45, 7) is 3.84. The molecule has 0 unspecified atom stereocenters. The van der Waals surface area contributed by atoms with Crippen LogP contribution >= 0.6 is 12.4 Å². The molecule has 0 saturated heterocycles. The predicted molar refractivity (Wildman–Crippen MR) is 75.8 cm³/mol. The minimum atomic E-state index is -0.895. The monoisotopic (exact) mass is 305 g/mol. The summed E-state index contributed by atoms with van der Waals surface area (Å²) >= 11 is 0. The topological polar surface area (TPSA) is 84.3 Å². The number of carbonyl (C=O) groups excluding carboxylic acids is 1. The fourth-order valence-corrected chi connectivity index (χ4v) is 1.46. The Kier molecular flexibility index (Phi) is 8.42. The lowest BCUT2D eigenvalue weighted by atomic mass is 10.2. The number of nitrogens with one attached hydrogen (secondary N) is 2. The lowest BCUT2D eigenvalue weighted by Gasteiger charge is -2.06. The number of halogens is 2. The van der Waals surface area contributed by atoms with Gasteiger partial charge in [0.25, 0.3) is 11.6 Å². The second-order valence-electron chi connectivity index (χ2n) is 3.93. The van der Waals surface area contributed by atoms with Crippen LogP contribution in [0, 0.1) is 15.9 Å². The smallest absolute Gasteiger partial charge is 0.272 e. The number of nitrogens with zero attached hydrogens (tertiary/aromatic N) is 1. The Bertz CT molecular complexity index is 471. The van der Waals surface area contributed by atoms with Crippen molar-refractivity contribution in [3.63, 3.8) is 0 Å². The fourth-order valence-electron chi connectivity index (χ4n) is 1.46. The molecule has 0 fully saturated rings. The van der Waals surface area contributed by atoms with Gasteiger partial charge in [-0.2, -0.15) is 0 Å². The van der Waals surface area contributed by atoms with E-state index in [-0.39, 0.29) is 23.7 Å². The maximum Gasteiger partial charge on any atom is 0.272 e. The van der Waals surface area contributed by atoms with Crippen LogP contribution in [0.2, 0.25) is 0 Å². The van der Waals surface area contributed by atoms with Gasteiger partial charge >= 0.3 is 0 Å². The van der Waals surface area contributed by atoms with Gasteiger partial charge < -0.3 is 10.6 Å². The Morgan fingerprint density at radius 3 is 2.60 bits per heavy atom. The normalized spacial score (nSPS) is 9.70. The number of hydrogen-bond donors (Lipinski definition) is 2. The number of nitro benzene ring substituents is 1. The number of hydrogen-bond acceptors (Lipinski definition) is 4. The van der Waals surface area contributed by atoms with E-state index in [0.717, 1.165) is 31.2 Å². The van der Waals surface area contributed by atoms with Gasteiger partial charge in [0.05, 0.1) is 16.6 Å². The van der Waals surface area contributed by atoms with Crippen molar-refractivity contribution in [2.24, 2.45) is 0 Å². The van der Waals surface area contributed by atoms with E-state index in [4.69, 9.17) is 0 Å². The third kappa shape index (κ3) is 5.50. The molecule has 112 valence electrons. The van der Waals surface area contributed by atoms with E-state index in [1.807, 2.05) is 6.92 Å². The number of benzene rings is 1. The molecule has 0 saturated carbocycles. The Morgan fingerprint density at radius 1 is 1.35 bits per heavy atom. The van der Waals surface area contributed by atoms with Crippen LogP contribution in [0.15, 0.2) is 18.2 Å². The summed E-state index contributed by atoms with van der Waals surface area (Å²) in [5, 5.41) is 16.1. The third-order valence-corrected chi connectivity index (χ3v) is 2.42. The van der Waals surface area contributed by atoms with Crippen molar-refractivity contribution in [2.75, 3.05) is 19.6 Å². The van der Waals surface area contributed by atoms with Gasteiger partial charge in [-0.05, 0) is 19.0 Å². The summed E-state index contributed by atoms with van der Waals surface area (Å²) in [6.07, 6.45) is 0.991. The highest BCUT2D eigenvalue weighted by molar-refractivity contribution is 5.94. The van der Waals surface area contributed by atoms with E-state index in [0.29, 0.717) is 13.1 Å². The third-order valence-electron chi connectivity index (χ3n) is 2.42. The number of nitro groups is 1. The fraction of sp³-hybridized carbons (Fsp3) is 0.417. The molecule has 1 rings (SSSR count). The number of rotatable bonds is 7. The van der Waals surface area contributed by atoms with E-state index >= 15 is 0 Å². The first-order valence-corrected chi connectivity index (χ1v) is 5.99. The van der Waals surface area contributed by atoms with Crippen molar-refractivity contribution in [1.82, 2.24) is 10.6 Å². The molecule has 0 aliphatic carbocycles.